The van der Waals surface area contributed by atoms with E-state index in [1.54, 1.807) is 6.92 Å². The summed E-state index contributed by atoms with van der Waals surface area (Å²) in [5.41, 5.74) is 2.40. The summed E-state index contributed by atoms with van der Waals surface area (Å²) in [4.78, 5) is 24.5. The summed E-state index contributed by atoms with van der Waals surface area (Å²) in [6, 6.07) is 5.61. The van der Waals surface area contributed by atoms with Gasteiger partial charge in [-0.25, -0.2) is 0 Å². The zero-order valence-corrected chi connectivity index (χ0v) is 16.8. The first-order valence-corrected chi connectivity index (χ1v) is 9.72. The SMILES string of the molecule is CCC(=O)OCCCNc1nc(Nc2ccc3c(c2)NC(O)N3)nc(C(C)C)n1. The minimum absolute atomic E-state index is 0.130. The van der Waals surface area contributed by atoms with E-state index in [1.807, 2.05) is 32.0 Å². The van der Waals surface area contributed by atoms with E-state index in [1.165, 1.54) is 0 Å². The number of rotatable bonds is 9. The van der Waals surface area contributed by atoms with Crippen LogP contribution >= 0.6 is 0 Å². The third-order valence-corrected chi connectivity index (χ3v) is 4.19. The molecule has 0 bridgehead atoms. The van der Waals surface area contributed by atoms with Gasteiger partial charge >= 0.3 is 5.97 Å². The van der Waals surface area contributed by atoms with Crippen molar-refractivity contribution in [2.24, 2.45) is 0 Å². The van der Waals surface area contributed by atoms with Gasteiger partial charge in [-0.15, -0.1) is 0 Å². The van der Waals surface area contributed by atoms with Gasteiger partial charge in [0, 0.05) is 24.6 Å². The second-order valence-corrected chi connectivity index (χ2v) is 6.93. The van der Waals surface area contributed by atoms with Crippen LogP contribution in [0.1, 0.15) is 45.4 Å². The third kappa shape index (κ3) is 5.67. The van der Waals surface area contributed by atoms with Gasteiger partial charge in [0.1, 0.15) is 5.82 Å². The molecule has 0 fully saturated rings. The van der Waals surface area contributed by atoms with E-state index in [4.69, 9.17) is 4.74 Å². The Bertz CT molecular complexity index is 860. The van der Waals surface area contributed by atoms with E-state index < -0.39 is 6.35 Å². The van der Waals surface area contributed by atoms with Gasteiger partial charge in [-0.05, 0) is 24.6 Å². The minimum atomic E-state index is -0.794. The number of aromatic nitrogens is 3. The fourth-order valence-electron chi connectivity index (χ4n) is 2.67. The summed E-state index contributed by atoms with van der Waals surface area (Å²) in [6.07, 6.45) is 0.238. The summed E-state index contributed by atoms with van der Waals surface area (Å²) in [5, 5.41) is 21.8. The average molecular weight is 401 g/mol. The fourth-order valence-corrected chi connectivity index (χ4v) is 2.67. The molecule has 156 valence electrons. The molecule has 0 amide bonds. The summed E-state index contributed by atoms with van der Waals surface area (Å²) in [6.45, 7) is 6.72. The Hall–Kier alpha value is -3.14. The van der Waals surface area contributed by atoms with E-state index in [0.717, 1.165) is 17.1 Å². The van der Waals surface area contributed by atoms with Gasteiger partial charge in [-0.3, -0.25) is 4.79 Å². The van der Waals surface area contributed by atoms with Crippen molar-refractivity contribution in [3.8, 4) is 0 Å². The Kier molecular flexibility index (Phi) is 6.65. The number of anilines is 5. The molecular weight excluding hydrogens is 374 g/mol. The molecule has 1 atom stereocenters. The number of fused-ring (bicyclic) bond motifs is 1. The van der Waals surface area contributed by atoms with E-state index in [2.05, 4.69) is 36.2 Å². The molecule has 3 rings (SSSR count). The van der Waals surface area contributed by atoms with Crippen molar-refractivity contribution in [2.75, 3.05) is 34.4 Å². The maximum absolute atomic E-state index is 11.2. The number of carbonyl (C=O) groups is 1. The van der Waals surface area contributed by atoms with Gasteiger partial charge in [0.15, 0.2) is 0 Å². The van der Waals surface area contributed by atoms with Gasteiger partial charge in [0.2, 0.25) is 18.2 Å². The third-order valence-electron chi connectivity index (χ3n) is 4.19. The van der Waals surface area contributed by atoms with Gasteiger partial charge in [-0.2, -0.15) is 15.0 Å². The number of nitrogens with zero attached hydrogens (tertiary/aromatic N) is 3. The first kappa shape index (κ1) is 20.6. The number of carbonyl (C=O) groups excluding carboxylic acids is 1. The zero-order chi connectivity index (χ0) is 20.8. The topological polar surface area (TPSA) is 133 Å². The lowest BCUT2D eigenvalue weighted by molar-refractivity contribution is -0.143. The number of esters is 1. The molecule has 1 aromatic heterocycles. The molecule has 0 spiro atoms. The highest BCUT2D eigenvalue weighted by Crippen LogP contribution is 2.31. The Morgan fingerprint density at radius 1 is 1.21 bits per heavy atom. The molecule has 0 saturated carbocycles. The van der Waals surface area contributed by atoms with Crippen LogP contribution in [0.15, 0.2) is 18.2 Å². The van der Waals surface area contributed by atoms with Crippen molar-refractivity contribution in [1.29, 1.82) is 0 Å². The van der Waals surface area contributed by atoms with Gasteiger partial charge in [-0.1, -0.05) is 20.8 Å². The van der Waals surface area contributed by atoms with Crippen LogP contribution in [0.4, 0.5) is 29.0 Å². The van der Waals surface area contributed by atoms with Crippen LogP contribution in [-0.4, -0.2) is 45.5 Å². The quantitative estimate of drug-likeness (QED) is 0.315. The molecule has 29 heavy (non-hydrogen) atoms. The lowest BCUT2D eigenvalue weighted by atomic mass is 10.2. The van der Waals surface area contributed by atoms with Crippen molar-refractivity contribution in [1.82, 2.24) is 15.0 Å². The van der Waals surface area contributed by atoms with Crippen LogP contribution in [-0.2, 0) is 9.53 Å². The number of aliphatic hydroxyl groups is 1. The molecule has 5 N–H and O–H groups in total. The summed E-state index contributed by atoms with van der Waals surface area (Å²) in [5.74, 6) is 1.48. The van der Waals surface area contributed by atoms with Gasteiger partial charge < -0.3 is 31.1 Å². The van der Waals surface area contributed by atoms with Crippen molar-refractivity contribution < 1.29 is 14.6 Å². The van der Waals surface area contributed by atoms with Crippen LogP contribution < -0.4 is 21.3 Å². The smallest absolute Gasteiger partial charge is 0.305 e. The number of hydrogen-bond donors (Lipinski definition) is 5. The summed E-state index contributed by atoms with van der Waals surface area (Å²) < 4.78 is 5.06. The van der Waals surface area contributed by atoms with Gasteiger partial charge in [0.25, 0.3) is 0 Å². The highest BCUT2D eigenvalue weighted by Gasteiger charge is 2.17. The van der Waals surface area contributed by atoms with Crippen molar-refractivity contribution in [3.05, 3.63) is 24.0 Å². The lowest BCUT2D eigenvalue weighted by Crippen LogP contribution is -2.20. The monoisotopic (exact) mass is 401 g/mol. The second-order valence-electron chi connectivity index (χ2n) is 6.93. The number of hydrogen-bond acceptors (Lipinski definition) is 10. The van der Waals surface area contributed by atoms with Crippen LogP contribution in [0, 0.1) is 0 Å². The van der Waals surface area contributed by atoms with E-state index in [0.29, 0.717) is 43.7 Å². The van der Waals surface area contributed by atoms with E-state index in [9.17, 15) is 9.90 Å². The molecule has 2 heterocycles. The molecule has 1 aliphatic rings. The van der Waals surface area contributed by atoms with Crippen molar-refractivity contribution >= 4 is 34.9 Å². The lowest BCUT2D eigenvalue weighted by Gasteiger charge is -2.12. The molecule has 2 aromatic rings. The van der Waals surface area contributed by atoms with Crippen LogP contribution in [0.25, 0.3) is 0 Å². The fraction of sp³-hybridized carbons (Fsp3) is 0.474. The highest BCUT2D eigenvalue weighted by molar-refractivity contribution is 5.78. The maximum atomic E-state index is 11.2. The Balaban J connectivity index is 1.65. The normalized spacial score (nSPS) is 14.7. The first-order chi connectivity index (χ1) is 13.9. The Morgan fingerprint density at radius 2 is 1.97 bits per heavy atom. The molecular formula is C19H27N7O3. The maximum Gasteiger partial charge on any atom is 0.305 e. The average Bonchev–Trinajstić information content (AvgIpc) is 3.06. The van der Waals surface area contributed by atoms with Crippen LogP contribution in [0.5, 0.6) is 0 Å². The number of benzene rings is 1. The predicted octanol–water partition coefficient (Wildman–Crippen LogP) is 2.61. The molecule has 0 radical (unpaired) electrons. The largest absolute Gasteiger partial charge is 0.466 e. The number of aliphatic hydroxyl groups excluding tert-OH is 1. The van der Waals surface area contributed by atoms with E-state index in [-0.39, 0.29) is 11.9 Å². The Morgan fingerprint density at radius 3 is 2.72 bits per heavy atom. The van der Waals surface area contributed by atoms with E-state index >= 15 is 0 Å². The zero-order valence-electron chi connectivity index (χ0n) is 16.8. The first-order valence-electron chi connectivity index (χ1n) is 9.72. The molecule has 1 unspecified atom stereocenters. The second kappa shape index (κ2) is 9.37. The standard InChI is InChI=1S/C19H27N7O3/c1-4-15(27)29-9-5-8-20-17-24-16(11(2)3)25-18(26-17)21-12-6-7-13-14(10-12)23-19(28)22-13/h6-7,10-11,19,22-23,28H,4-5,8-9H2,1-3H3,(H2,20,21,24,25,26). The minimum Gasteiger partial charge on any atom is -0.466 e. The van der Waals surface area contributed by atoms with Crippen LogP contribution in [0.2, 0.25) is 0 Å². The van der Waals surface area contributed by atoms with Crippen LogP contribution in [0.3, 0.4) is 0 Å². The summed E-state index contributed by atoms with van der Waals surface area (Å²) in [7, 11) is 0. The molecule has 0 saturated heterocycles. The number of nitrogens with one attached hydrogen (secondary N) is 4. The predicted molar refractivity (Wildman–Crippen MR) is 111 cm³/mol. The summed E-state index contributed by atoms with van der Waals surface area (Å²) >= 11 is 0. The highest BCUT2D eigenvalue weighted by atomic mass is 16.5. The van der Waals surface area contributed by atoms with Crippen molar-refractivity contribution in [3.63, 3.8) is 0 Å². The Labute approximate surface area is 169 Å². The van der Waals surface area contributed by atoms with Gasteiger partial charge in [0.05, 0.1) is 18.0 Å². The molecule has 0 aliphatic carbocycles. The molecule has 1 aromatic carbocycles. The van der Waals surface area contributed by atoms with Crippen molar-refractivity contribution in [2.45, 2.75) is 45.9 Å². The number of ether oxygens (including phenoxy) is 1. The molecule has 10 nitrogen and oxygen atoms in total. The molecule has 1 aliphatic heterocycles. The molecule has 10 heteroatoms.